The van der Waals surface area contributed by atoms with Crippen LogP contribution >= 0.6 is 0 Å². The van der Waals surface area contributed by atoms with Gasteiger partial charge in [0.05, 0.1) is 16.1 Å². The first-order valence-electron chi connectivity index (χ1n) is 12.7. The third kappa shape index (κ3) is 7.62. The molecule has 40 heavy (non-hydrogen) atoms. The number of alkyl halides is 3. The summed E-state index contributed by atoms with van der Waals surface area (Å²) in [5.74, 6) is -1.19. The first kappa shape index (κ1) is 30.7. The average molecular weight is 576 g/mol. The Labute approximate surface area is 232 Å². The van der Waals surface area contributed by atoms with E-state index in [2.05, 4.69) is 5.32 Å². The molecule has 1 unspecified atom stereocenters. The van der Waals surface area contributed by atoms with Gasteiger partial charge in [0.1, 0.15) is 12.6 Å². The van der Waals surface area contributed by atoms with Crippen LogP contribution in [0.5, 0.6) is 0 Å². The fraction of sp³-hybridized carbons (Fsp3) is 0.310. The second-order valence-electron chi connectivity index (χ2n) is 9.35. The molecule has 0 aliphatic heterocycles. The Morgan fingerprint density at radius 1 is 0.950 bits per heavy atom. The quantitative estimate of drug-likeness (QED) is 0.343. The third-order valence-corrected chi connectivity index (χ3v) is 8.05. The zero-order valence-electron chi connectivity index (χ0n) is 22.5. The number of hydrogen-bond donors (Lipinski definition) is 1. The summed E-state index contributed by atoms with van der Waals surface area (Å²) in [5, 5.41) is 2.73. The highest BCUT2D eigenvalue weighted by molar-refractivity contribution is 7.92. The summed E-state index contributed by atoms with van der Waals surface area (Å²) in [6, 6.07) is 17.4. The van der Waals surface area contributed by atoms with E-state index in [1.165, 1.54) is 30.0 Å². The Morgan fingerprint density at radius 2 is 1.60 bits per heavy atom. The minimum absolute atomic E-state index is 0.0125. The fourth-order valence-electron chi connectivity index (χ4n) is 3.96. The van der Waals surface area contributed by atoms with Gasteiger partial charge in [-0.1, -0.05) is 61.0 Å². The second kappa shape index (κ2) is 13.0. The second-order valence-corrected chi connectivity index (χ2v) is 11.2. The van der Waals surface area contributed by atoms with Crippen molar-refractivity contribution in [3.05, 3.63) is 95.6 Å². The number of aryl methyl sites for hydroxylation is 1. The van der Waals surface area contributed by atoms with Gasteiger partial charge < -0.3 is 10.2 Å². The molecule has 0 aliphatic carbocycles. The summed E-state index contributed by atoms with van der Waals surface area (Å²) in [6.45, 7) is 4.71. The predicted octanol–water partition coefficient (Wildman–Crippen LogP) is 5.15. The lowest BCUT2D eigenvalue weighted by atomic mass is 10.1. The molecule has 0 radical (unpaired) electrons. The van der Waals surface area contributed by atoms with E-state index in [0.717, 1.165) is 17.7 Å². The zero-order valence-corrected chi connectivity index (χ0v) is 23.3. The molecule has 2 amide bonds. The van der Waals surface area contributed by atoms with Gasteiger partial charge in [0.25, 0.3) is 10.0 Å². The highest BCUT2D eigenvalue weighted by Gasteiger charge is 2.35. The maximum atomic E-state index is 13.8. The van der Waals surface area contributed by atoms with E-state index in [1.54, 1.807) is 49.4 Å². The van der Waals surface area contributed by atoms with Crippen LogP contribution in [-0.2, 0) is 32.3 Å². The molecule has 0 aliphatic rings. The summed E-state index contributed by atoms with van der Waals surface area (Å²) in [7, 11) is -4.48. The van der Waals surface area contributed by atoms with Crippen LogP contribution in [0.1, 0.15) is 37.0 Å². The number of amides is 2. The lowest BCUT2D eigenvalue weighted by molar-refractivity contribution is -0.139. The summed E-state index contributed by atoms with van der Waals surface area (Å²) < 4.78 is 68.8. The molecule has 11 heteroatoms. The molecule has 0 bridgehead atoms. The van der Waals surface area contributed by atoms with E-state index < -0.39 is 46.2 Å². The lowest BCUT2D eigenvalue weighted by Gasteiger charge is -2.32. The molecule has 0 saturated carbocycles. The van der Waals surface area contributed by atoms with Gasteiger partial charge in [0.2, 0.25) is 11.8 Å². The zero-order chi connectivity index (χ0) is 29.5. The predicted molar refractivity (Wildman–Crippen MR) is 147 cm³/mol. The number of nitrogens with zero attached hydrogens (tertiary/aromatic N) is 2. The van der Waals surface area contributed by atoms with E-state index in [-0.39, 0.29) is 17.1 Å². The van der Waals surface area contributed by atoms with Gasteiger partial charge in [-0.2, -0.15) is 13.2 Å². The number of anilines is 1. The van der Waals surface area contributed by atoms with Crippen molar-refractivity contribution in [1.82, 2.24) is 10.2 Å². The summed E-state index contributed by atoms with van der Waals surface area (Å²) in [5.41, 5.74) is 0.0844. The molecule has 1 N–H and O–H groups in total. The molecule has 3 rings (SSSR count). The fourth-order valence-corrected chi connectivity index (χ4v) is 5.37. The molecule has 0 spiro atoms. The molecule has 3 aromatic carbocycles. The van der Waals surface area contributed by atoms with Gasteiger partial charge in [-0.25, -0.2) is 8.42 Å². The van der Waals surface area contributed by atoms with E-state index in [4.69, 9.17) is 0 Å². The molecule has 1 atom stereocenters. The van der Waals surface area contributed by atoms with E-state index >= 15 is 0 Å². The molecular formula is C29H32F3N3O4S. The van der Waals surface area contributed by atoms with Gasteiger partial charge in [-0.05, 0) is 56.2 Å². The largest absolute Gasteiger partial charge is 0.416 e. The van der Waals surface area contributed by atoms with Crippen LogP contribution in [0.3, 0.4) is 0 Å². The summed E-state index contributed by atoms with van der Waals surface area (Å²) >= 11 is 0. The van der Waals surface area contributed by atoms with Crippen LogP contribution in [0.2, 0.25) is 0 Å². The van der Waals surface area contributed by atoms with Crippen LogP contribution in [-0.4, -0.2) is 44.3 Å². The number of rotatable bonds is 11. The number of carbonyl (C=O) groups is 2. The van der Waals surface area contributed by atoms with Crippen LogP contribution in [0.25, 0.3) is 0 Å². The third-order valence-electron chi connectivity index (χ3n) is 6.26. The number of nitrogens with one attached hydrogen (secondary N) is 1. The SMILES string of the molecule is CCCNC(=O)C(C)N(Cc1ccccc1)C(=O)CN(c1cccc(C(F)(F)F)c1)S(=O)(=O)c1ccc(C)cc1. The standard InChI is InChI=1S/C29H32F3N3O4S/c1-4-17-33-28(37)22(3)34(19-23-9-6-5-7-10-23)27(36)20-35(25-12-8-11-24(18-25)29(30,31)32)40(38,39)26-15-13-21(2)14-16-26/h5-16,18,22H,4,17,19-20H2,1-3H3,(H,33,37). The Balaban J connectivity index is 2.07. The molecule has 214 valence electrons. The number of hydrogen-bond acceptors (Lipinski definition) is 4. The van der Waals surface area contributed by atoms with Crippen molar-refractivity contribution in [3.63, 3.8) is 0 Å². The van der Waals surface area contributed by atoms with Crippen molar-refractivity contribution in [2.24, 2.45) is 0 Å². The molecule has 0 fully saturated rings. The monoisotopic (exact) mass is 575 g/mol. The maximum absolute atomic E-state index is 13.8. The Kier molecular flexibility index (Phi) is 9.97. The topological polar surface area (TPSA) is 86.8 Å². The molecular weight excluding hydrogens is 543 g/mol. The normalized spacial score (nSPS) is 12.4. The van der Waals surface area contributed by atoms with Gasteiger partial charge in [0, 0.05) is 13.1 Å². The van der Waals surface area contributed by atoms with Crippen LogP contribution < -0.4 is 9.62 Å². The number of halogens is 3. The number of sulfonamides is 1. The highest BCUT2D eigenvalue weighted by Crippen LogP contribution is 2.33. The van der Waals surface area contributed by atoms with Crippen molar-refractivity contribution < 1.29 is 31.2 Å². The lowest BCUT2D eigenvalue weighted by Crippen LogP contribution is -2.51. The summed E-state index contributed by atoms with van der Waals surface area (Å²) in [6.07, 6.45) is -4.06. The van der Waals surface area contributed by atoms with Crippen molar-refractivity contribution >= 4 is 27.5 Å². The minimum atomic E-state index is -4.73. The first-order valence-corrected chi connectivity index (χ1v) is 14.2. The maximum Gasteiger partial charge on any atom is 0.416 e. The highest BCUT2D eigenvalue weighted by atomic mass is 32.2. The Bertz CT molecular complexity index is 1410. The van der Waals surface area contributed by atoms with E-state index in [9.17, 15) is 31.2 Å². The molecule has 0 aromatic heterocycles. The average Bonchev–Trinajstić information content (AvgIpc) is 2.93. The smallest absolute Gasteiger partial charge is 0.354 e. The van der Waals surface area contributed by atoms with E-state index in [1.807, 2.05) is 6.92 Å². The van der Waals surface area contributed by atoms with Crippen molar-refractivity contribution in [3.8, 4) is 0 Å². The van der Waals surface area contributed by atoms with Crippen LogP contribution in [0.4, 0.5) is 18.9 Å². The molecule has 7 nitrogen and oxygen atoms in total. The van der Waals surface area contributed by atoms with Crippen molar-refractivity contribution in [2.45, 2.75) is 50.9 Å². The Hall–Kier alpha value is -3.86. The van der Waals surface area contributed by atoms with Gasteiger partial charge in [-0.3, -0.25) is 13.9 Å². The van der Waals surface area contributed by atoms with Gasteiger partial charge in [-0.15, -0.1) is 0 Å². The minimum Gasteiger partial charge on any atom is -0.354 e. The van der Waals surface area contributed by atoms with Crippen molar-refractivity contribution in [2.75, 3.05) is 17.4 Å². The number of benzene rings is 3. The van der Waals surface area contributed by atoms with E-state index in [0.29, 0.717) is 28.9 Å². The first-order chi connectivity index (χ1) is 18.8. The van der Waals surface area contributed by atoms with Crippen LogP contribution in [0, 0.1) is 6.92 Å². The van der Waals surface area contributed by atoms with Gasteiger partial charge in [0.15, 0.2) is 0 Å². The number of carbonyl (C=O) groups excluding carboxylic acids is 2. The molecule has 0 saturated heterocycles. The van der Waals surface area contributed by atoms with Crippen molar-refractivity contribution in [1.29, 1.82) is 0 Å². The molecule has 0 heterocycles. The Morgan fingerprint density at radius 3 is 2.20 bits per heavy atom. The van der Waals surface area contributed by atoms with Gasteiger partial charge >= 0.3 is 6.18 Å². The molecule has 3 aromatic rings. The summed E-state index contributed by atoms with van der Waals surface area (Å²) in [4.78, 5) is 27.7. The van der Waals surface area contributed by atoms with Crippen LogP contribution in [0.15, 0.2) is 83.8 Å².